The van der Waals surface area contributed by atoms with Crippen molar-refractivity contribution in [3.05, 3.63) is 35.6 Å². The van der Waals surface area contributed by atoms with Gasteiger partial charge in [0.1, 0.15) is 11.9 Å². The fourth-order valence-electron chi connectivity index (χ4n) is 2.46. The quantitative estimate of drug-likeness (QED) is 0.610. The van der Waals surface area contributed by atoms with E-state index in [0.717, 1.165) is 19.3 Å². The molecule has 23 heavy (non-hydrogen) atoms. The second kappa shape index (κ2) is 10.8. The van der Waals surface area contributed by atoms with Crippen LogP contribution in [-0.2, 0) is 16.0 Å². The van der Waals surface area contributed by atoms with Crippen molar-refractivity contribution in [1.29, 1.82) is 0 Å². The predicted octanol–water partition coefficient (Wildman–Crippen LogP) is 3.69. The minimum Gasteiger partial charge on any atom is -0.480 e. The molecule has 2 N–H and O–H groups in total. The van der Waals surface area contributed by atoms with Gasteiger partial charge >= 0.3 is 5.97 Å². The van der Waals surface area contributed by atoms with E-state index in [0.29, 0.717) is 12.0 Å². The summed E-state index contributed by atoms with van der Waals surface area (Å²) in [6, 6.07) is 4.89. The van der Waals surface area contributed by atoms with Gasteiger partial charge < -0.3 is 10.4 Å². The van der Waals surface area contributed by atoms with E-state index in [1.54, 1.807) is 6.07 Å². The Balaban J connectivity index is 2.36. The zero-order valence-corrected chi connectivity index (χ0v) is 13.7. The molecule has 0 saturated carbocycles. The van der Waals surface area contributed by atoms with Crippen molar-refractivity contribution in [1.82, 2.24) is 5.32 Å². The third-order valence-corrected chi connectivity index (χ3v) is 3.73. The molecule has 0 aromatic heterocycles. The van der Waals surface area contributed by atoms with Crippen LogP contribution in [0.5, 0.6) is 0 Å². The molecule has 0 radical (unpaired) electrons. The number of halogens is 1. The van der Waals surface area contributed by atoms with Gasteiger partial charge in [-0.15, -0.1) is 0 Å². The molecule has 1 atom stereocenters. The van der Waals surface area contributed by atoms with Crippen LogP contribution in [0.4, 0.5) is 4.39 Å². The molecule has 0 unspecified atom stereocenters. The minimum absolute atomic E-state index is 0.0158. The molecule has 0 aliphatic heterocycles. The molecule has 128 valence electrons. The van der Waals surface area contributed by atoms with E-state index in [1.165, 1.54) is 37.5 Å². The average Bonchev–Trinajstić information content (AvgIpc) is 2.49. The number of amides is 1. The first kappa shape index (κ1) is 19.1. The van der Waals surface area contributed by atoms with Crippen molar-refractivity contribution in [2.24, 2.45) is 0 Å². The molecule has 1 rings (SSSR count). The summed E-state index contributed by atoms with van der Waals surface area (Å²) in [5.74, 6) is -1.82. The van der Waals surface area contributed by atoms with Crippen LogP contribution in [-0.4, -0.2) is 23.0 Å². The lowest BCUT2D eigenvalue weighted by atomic mass is 10.1. The van der Waals surface area contributed by atoms with Gasteiger partial charge in [-0.2, -0.15) is 0 Å². The summed E-state index contributed by atoms with van der Waals surface area (Å²) in [5, 5.41) is 11.7. The lowest BCUT2D eigenvalue weighted by Crippen LogP contribution is -2.41. The van der Waals surface area contributed by atoms with Crippen LogP contribution in [0, 0.1) is 5.82 Å². The molecule has 0 saturated heterocycles. The Labute approximate surface area is 137 Å². The average molecular weight is 323 g/mol. The minimum atomic E-state index is -1.02. The van der Waals surface area contributed by atoms with E-state index in [1.807, 2.05) is 0 Å². The van der Waals surface area contributed by atoms with Crippen LogP contribution in [0.3, 0.4) is 0 Å². The first-order valence-electron chi connectivity index (χ1n) is 8.29. The van der Waals surface area contributed by atoms with Gasteiger partial charge in [0.05, 0.1) is 6.42 Å². The van der Waals surface area contributed by atoms with Gasteiger partial charge in [0.25, 0.3) is 0 Å². The number of carbonyl (C=O) groups excluding carboxylic acids is 1. The van der Waals surface area contributed by atoms with Gasteiger partial charge in [0, 0.05) is 0 Å². The van der Waals surface area contributed by atoms with Crippen molar-refractivity contribution in [3.8, 4) is 0 Å². The summed E-state index contributed by atoms with van der Waals surface area (Å²) in [6.07, 6.45) is 6.80. The first-order chi connectivity index (χ1) is 11.0. The zero-order chi connectivity index (χ0) is 17.1. The molecule has 0 bridgehead atoms. The maximum Gasteiger partial charge on any atom is 0.326 e. The number of hydrogen-bond acceptors (Lipinski definition) is 2. The monoisotopic (exact) mass is 323 g/mol. The maximum absolute atomic E-state index is 13.1. The van der Waals surface area contributed by atoms with E-state index in [2.05, 4.69) is 12.2 Å². The smallest absolute Gasteiger partial charge is 0.326 e. The molecule has 1 aromatic carbocycles. The van der Waals surface area contributed by atoms with E-state index in [-0.39, 0.29) is 6.42 Å². The largest absolute Gasteiger partial charge is 0.480 e. The second-order valence-electron chi connectivity index (χ2n) is 5.82. The summed E-state index contributed by atoms with van der Waals surface area (Å²) >= 11 is 0. The number of rotatable bonds is 11. The molecule has 4 nitrogen and oxygen atoms in total. The van der Waals surface area contributed by atoms with Gasteiger partial charge in [-0.05, 0) is 24.1 Å². The Kier molecular flexibility index (Phi) is 8.95. The number of carbonyl (C=O) groups is 2. The Morgan fingerprint density at radius 3 is 2.52 bits per heavy atom. The van der Waals surface area contributed by atoms with Gasteiger partial charge in [0.2, 0.25) is 5.91 Å². The number of carboxylic acid groups (broad SMARTS) is 1. The molecule has 1 aromatic rings. The predicted molar refractivity (Wildman–Crippen MR) is 87.7 cm³/mol. The lowest BCUT2D eigenvalue weighted by molar-refractivity contribution is -0.142. The molecular weight excluding hydrogens is 297 g/mol. The van der Waals surface area contributed by atoms with Gasteiger partial charge in [-0.25, -0.2) is 9.18 Å². The highest BCUT2D eigenvalue weighted by molar-refractivity contribution is 5.84. The molecule has 0 fully saturated rings. The van der Waals surface area contributed by atoms with Crippen molar-refractivity contribution < 1.29 is 19.1 Å². The number of carboxylic acids is 1. The summed E-state index contributed by atoms with van der Waals surface area (Å²) < 4.78 is 13.1. The lowest BCUT2D eigenvalue weighted by Gasteiger charge is -2.14. The molecular formula is C18H26FNO3. The van der Waals surface area contributed by atoms with Crippen LogP contribution in [0.25, 0.3) is 0 Å². The Morgan fingerprint density at radius 2 is 1.87 bits per heavy atom. The van der Waals surface area contributed by atoms with Crippen LogP contribution in [0.15, 0.2) is 24.3 Å². The van der Waals surface area contributed by atoms with E-state index in [9.17, 15) is 19.1 Å². The standard InChI is InChI=1S/C18H26FNO3/c1-2-3-4-5-6-7-11-16(18(22)23)20-17(21)13-14-9-8-10-15(19)12-14/h8-10,12,16H,2-7,11,13H2,1H3,(H,20,21)(H,22,23)/t16-/m1/s1. The van der Waals surface area contributed by atoms with Gasteiger partial charge in [-0.1, -0.05) is 57.6 Å². The number of aliphatic carboxylic acids is 1. The number of hydrogen-bond donors (Lipinski definition) is 2. The zero-order valence-electron chi connectivity index (χ0n) is 13.7. The highest BCUT2D eigenvalue weighted by Gasteiger charge is 2.19. The molecule has 0 aliphatic carbocycles. The van der Waals surface area contributed by atoms with Crippen molar-refractivity contribution in [2.45, 2.75) is 64.3 Å². The van der Waals surface area contributed by atoms with Gasteiger partial charge in [-0.3, -0.25) is 4.79 Å². The van der Waals surface area contributed by atoms with Crippen molar-refractivity contribution >= 4 is 11.9 Å². The molecule has 1 amide bonds. The SMILES string of the molecule is CCCCCCCC[C@@H](NC(=O)Cc1cccc(F)c1)C(=O)O. The Morgan fingerprint density at radius 1 is 1.17 bits per heavy atom. The normalized spacial score (nSPS) is 11.9. The van der Waals surface area contributed by atoms with Crippen molar-refractivity contribution in [3.63, 3.8) is 0 Å². The fraction of sp³-hybridized carbons (Fsp3) is 0.556. The summed E-state index contributed by atoms with van der Waals surface area (Å²) in [6.45, 7) is 2.15. The van der Waals surface area contributed by atoms with Crippen LogP contribution in [0.2, 0.25) is 0 Å². The number of unbranched alkanes of at least 4 members (excludes halogenated alkanes) is 5. The summed E-state index contributed by atoms with van der Waals surface area (Å²) in [5.41, 5.74) is 0.534. The Hall–Kier alpha value is -1.91. The Bertz CT molecular complexity index is 505. The van der Waals surface area contributed by atoms with E-state index >= 15 is 0 Å². The van der Waals surface area contributed by atoms with Crippen LogP contribution >= 0.6 is 0 Å². The third kappa shape index (κ3) is 8.33. The molecule has 0 heterocycles. The highest BCUT2D eigenvalue weighted by Crippen LogP contribution is 2.10. The van der Waals surface area contributed by atoms with E-state index in [4.69, 9.17) is 0 Å². The van der Waals surface area contributed by atoms with Crippen molar-refractivity contribution in [2.75, 3.05) is 0 Å². The summed E-state index contributed by atoms with van der Waals surface area (Å²) in [7, 11) is 0. The summed E-state index contributed by atoms with van der Waals surface area (Å²) in [4.78, 5) is 23.1. The highest BCUT2D eigenvalue weighted by atomic mass is 19.1. The third-order valence-electron chi connectivity index (χ3n) is 3.73. The first-order valence-corrected chi connectivity index (χ1v) is 8.29. The molecule has 0 aliphatic rings. The van der Waals surface area contributed by atoms with Gasteiger partial charge in [0.15, 0.2) is 0 Å². The fourth-order valence-corrected chi connectivity index (χ4v) is 2.46. The molecule has 0 spiro atoms. The topological polar surface area (TPSA) is 66.4 Å². The van der Waals surface area contributed by atoms with Crippen LogP contribution in [0.1, 0.15) is 57.4 Å². The number of nitrogens with one attached hydrogen (secondary N) is 1. The number of benzene rings is 1. The van der Waals surface area contributed by atoms with E-state index < -0.39 is 23.7 Å². The molecule has 5 heteroatoms. The van der Waals surface area contributed by atoms with Crippen LogP contribution < -0.4 is 5.32 Å². The maximum atomic E-state index is 13.1. The second-order valence-corrected chi connectivity index (χ2v) is 5.82.